The number of nitrogens with one attached hydrogen (secondary N) is 1. The van der Waals surface area contributed by atoms with E-state index < -0.39 is 0 Å². The van der Waals surface area contributed by atoms with Crippen LogP contribution in [0.4, 0.5) is 0 Å². The number of fused-ring (bicyclic) bond motifs is 3. The molecule has 0 atom stereocenters. The molecule has 7 nitrogen and oxygen atoms in total. The molecule has 0 saturated carbocycles. The van der Waals surface area contributed by atoms with Crippen molar-refractivity contribution in [3.05, 3.63) is 54.2 Å². The molecule has 0 bridgehead atoms. The maximum atomic E-state index is 12.7. The molecule has 184 valence electrons. The van der Waals surface area contributed by atoms with Gasteiger partial charge in [0.1, 0.15) is 5.75 Å². The van der Waals surface area contributed by atoms with Gasteiger partial charge in [0.2, 0.25) is 0 Å². The summed E-state index contributed by atoms with van der Waals surface area (Å²) < 4.78 is 8.49. The Morgan fingerprint density at radius 2 is 1.89 bits per heavy atom. The van der Waals surface area contributed by atoms with E-state index in [1.807, 2.05) is 48.7 Å². The van der Waals surface area contributed by atoms with E-state index in [1.54, 1.807) is 18.4 Å². The summed E-state index contributed by atoms with van der Waals surface area (Å²) in [6.07, 6.45) is 4.24. The van der Waals surface area contributed by atoms with Crippen LogP contribution in [0.2, 0.25) is 0 Å². The molecule has 5 rings (SSSR count). The fourth-order valence-corrected chi connectivity index (χ4v) is 5.77. The van der Waals surface area contributed by atoms with Gasteiger partial charge in [-0.15, -0.1) is 0 Å². The topological polar surface area (TPSA) is 62.1 Å². The molecule has 0 aliphatic carbocycles. The molecule has 2 aromatic carbocycles. The summed E-state index contributed by atoms with van der Waals surface area (Å²) in [4.78, 5) is 23.5. The molecule has 3 heterocycles. The Morgan fingerprint density at radius 3 is 2.66 bits per heavy atom. The number of aromatic nitrogens is 2. The quantitative estimate of drug-likeness (QED) is 0.352. The standard InChI is InChI=1S/C27H33N5O2S/c1-3-11-30-13-15-31(16-14-30)12-5-10-28-26(33)21-8-9-24-25(18-21)35-27-29-23(19-32(24)27)20-6-4-7-22(17-20)34-2/h4,6-9,17-19H,3,5,10-16H2,1-2H3,(H,28,33). The van der Waals surface area contributed by atoms with Gasteiger partial charge in [0.15, 0.2) is 4.96 Å². The number of amides is 1. The summed E-state index contributed by atoms with van der Waals surface area (Å²) in [6, 6.07) is 13.8. The number of hydrogen-bond acceptors (Lipinski definition) is 6. The third-order valence-corrected chi connectivity index (χ3v) is 7.68. The van der Waals surface area contributed by atoms with Crippen molar-refractivity contribution in [1.29, 1.82) is 0 Å². The minimum atomic E-state index is -0.0113. The summed E-state index contributed by atoms with van der Waals surface area (Å²) >= 11 is 1.60. The van der Waals surface area contributed by atoms with E-state index in [-0.39, 0.29) is 5.91 Å². The number of imidazole rings is 1. The first-order valence-electron chi connectivity index (χ1n) is 12.4. The van der Waals surface area contributed by atoms with Gasteiger partial charge in [0.25, 0.3) is 5.91 Å². The van der Waals surface area contributed by atoms with Crippen molar-refractivity contribution in [2.24, 2.45) is 0 Å². The highest BCUT2D eigenvalue weighted by atomic mass is 32.1. The van der Waals surface area contributed by atoms with Crippen molar-refractivity contribution in [3.8, 4) is 17.0 Å². The Hall–Kier alpha value is -2.94. The molecule has 0 spiro atoms. The molecule has 0 radical (unpaired) electrons. The molecule has 4 aromatic rings. The Balaban J connectivity index is 1.18. The average Bonchev–Trinajstić information content (AvgIpc) is 3.45. The number of ether oxygens (including phenoxy) is 1. The molecule has 8 heteroatoms. The lowest BCUT2D eigenvalue weighted by Crippen LogP contribution is -2.47. The normalized spacial score (nSPS) is 15.1. The van der Waals surface area contributed by atoms with Crippen molar-refractivity contribution >= 4 is 32.4 Å². The van der Waals surface area contributed by atoms with Gasteiger partial charge in [0.05, 0.1) is 23.0 Å². The smallest absolute Gasteiger partial charge is 0.251 e. The van der Waals surface area contributed by atoms with Crippen LogP contribution in [0.15, 0.2) is 48.7 Å². The zero-order valence-corrected chi connectivity index (χ0v) is 21.3. The van der Waals surface area contributed by atoms with E-state index in [2.05, 4.69) is 26.4 Å². The molecule has 1 amide bonds. The minimum Gasteiger partial charge on any atom is -0.497 e. The number of thiazole rings is 1. The number of benzene rings is 2. The monoisotopic (exact) mass is 491 g/mol. The lowest BCUT2D eigenvalue weighted by Gasteiger charge is -2.34. The zero-order chi connectivity index (χ0) is 24.2. The van der Waals surface area contributed by atoms with E-state index in [4.69, 9.17) is 9.72 Å². The van der Waals surface area contributed by atoms with Gasteiger partial charge in [-0.05, 0) is 56.3 Å². The second kappa shape index (κ2) is 10.8. The molecule has 2 aromatic heterocycles. The van der Waals surface area contributed by atoms with E-state index in [1.165, 1.54) is 13.0 Å². The number of rotatable bonds is 9. The van der Waals surface area contributed by atoms with Gasteiger partial charge >= 0.3 is 0 Å². The van der Waals surface area contributed by atoms with Crippen LogP contribution in [0.3, 0.4) is 0 Å². The molecule has 1 aliphatic heterocycles. The second-order valence-corrected chi connectivity index (χ2v) is 10.1. The predicted octanol–water partition coefficient (Wildman–Crippen LogP) is 4.37. The van der Waals surface area contributed by atoms with Crippen LogP contribution < -0.4 is 10.1 Å². The largest absolute Gasteiger partial charge is 0.497 e. The Kier molecular flexibility index (Phi) is 7.32. The highest BCUT2D eigenvalue weighted by Crippen LogP contribution is 2.31. The van der Waals surface area contributed by atoms with E-state index in [0.717, 1.165) is 71.3 Å². The first kappa shape index (κ1) is 23.8. The van der Waals surface area contributed by atoms with Crippen molar-refractivity contribution in [3.63, 3.8) is 0 Å². The van der Waals surface area contributed by atoms with Crippen LogP contribution >= 0.6 is 11.3 Å². The molecule has 35 heavy (non-hydrogen) atoms. The van der Waals surface area contributed by atoms with Crippen LogP contribution in [-0.4, -0.2) is 78.0 Å². The minimum absolute atomic E-state index is 0.0113. The summed E-state index contributed by atoms with van der Waals surface area (Å²) in [5, 5.41) is 3.10. The summed E-state index contributed by atoms with van der Waals surface area (Å²) in [5.74, 6) is 0.802. The van der Waals surface area contributed by atoms with Crippen molar-refractivity contribution < 1.29 is 9.53 Å². The summed E-state index contributed by atoms with van der Waals surface area (Å²) in [5.41, 5.74) is 3.69. The first-order chi connectivity index (χ1) is 17.1. The Morgan fingerprint density at radius 1 is 1.09 bits per heavy atom. The second-order valence-electron chi connectivity index (χ2n) is 9.09. The van der Waals surface area contributed by atoms with Crippen molar-refractivity contribution in [2.45, 2.75) is 19.8 Å². The first-order valence-corrected chi connectivity index (χ1v) is 13.2. The SMILES string of the molecule is CCCN1CCN(CCCNC(=O)c2ccc3c(c2)sc2nc(-c4cccc(OC)c4)cn23)CC1. The lowest BCUT2D eigenvalue weighted by atomic mass is 10.1. The number of carbonyl (C=O) groups is 1. The fourth-order valence-electron chi connectivity index (χ4n) is 4.72. The molecule has 0 unspecified atom stereocenters. The lowest BCUT2D eigenvalue weighted by molar-refractivity contribution is 0.0948. The number of methoxy groups -OCH3 is 1. The zero-order valence-electron chi connectivity index (χ0n) is 20.5. The third-order valence-electron chi connectivity index (χ3n) is 6.66. The van der Waals surface area contributed by atoms with Gasteiger partial charge in [-0.25, -0.2) is 4.98 Å². The van der Waals surface area contributed by atoms with Crippen LogP contribution in [0.25, 0.3) is 26.4 Å². The molecule has 1 aliphatic rings. The Bertz CT molecular complexity index is 1310. The molecule has 1 fully saturated rings. The molecular formula is C27H33N5O2S. The molecular weight excluding hydrogens is 458 g/mol. The molecule has 1 N–H and O–H groups in total. The van der Waals surface area contributed by atoms with Gasteiger partial charge in [0, 0.05) is 50.0 Å². The predicted molar refractivity (Wildman–Crippen MR) is 143 cm³/mol. The van der Waals surface area contributed by atoms with Crippen LogP contribution in [0.5, 0.6) is 5.75 Å². The van der Waals surface area contributed by atoms with Crippen LogP contribution in [-0.2, 0) is 0 Å². The fraction of sp³-hybridized carbons (Fsp3) is 0.407. The number of nitrogens with zero attached hydrogens (tertiary/aromatic N) is 4. The van der Waals surface area contributed by atoms with E-state index in [9.17, 15) is 4.79 Å². The third kappa shape index (κ3) is 5.34. The molecule has 1 saturated heterocycles. The van der Waals surface area contributed by atoms with Gasteiger partial charge < -0.3 is 19.9 Å². The van der Waals surface area contributed by atoms with Crippen molar-refractivity contribution in [2.75, 3.05) is 52.9 Å². The number of carbonyl (C=O) groups excluding carboxylic acids is 1. The average molecular weight is 492 g/mol. The maximum Gasteiger partial charge on any atom is 0.251 e. The maximum absolute atomic E-state index is 12.7. The number of piperazine rings is 1. The van der Waals surface area contributed by atoms with Crippen molar-refractivity contribution in [1.82, 2.24) is 24.5 Å². The van der Waals surface area contributed by atoms with E-state index in [0.29, 0.717) is 12.1 Å². The highest BCUT2D eigenvalue weighted by Gasteiger charge is 2.16. The van der Waals surface area contributed by atoms with E-state index >= 15 is 0 Å². The summed E-state index contributed by atoms with van der Waals surface area (Å²) in [6.45, 7) is 9.75. The van der Waals surface area contributed by atoms with Gasteiger partial charge in [-0.3, -0.25) is 9.20 Å². The van der Waals surface area contributed by atoms with Crippen LogP contribution in [0.1, 0.15) is 30.1 Å². The van der Waals surface area contributed by atoms with Gasteiger partial charge in [-0.1, -0.05) is 30.4 Å². The van der Waals surface area contributed by atoms with Crippen LogP contribution in [0, 0.1) is 0 Å². The number of hydrogen-bond donors (Lipinski definition) is 1. The highest BCUT2D eigenvalue weighted by molar-refractivity contribution is 7.23. The Labute approximate surface area is 210 Å². The van der Waals surface area contributed by atoms with Gasteiger partial charge in [-0.2, -0.15) is 0 Å². The summed E-state index contributed by atoms with van der Waals surface area (Å²) in [7, 11) is 1.67.